The van der Waals surface area contributed by atoms with E-state index in [1.165, 1.54) is 56.0 Å². The molecule has 3 aliphatic rings. The van der Waals surface area contributed by atoms with Gasteiger partial charge in [-0.05, 0) is 75.5 Å². The van der Waals surface area contributed by atoms with Gasteiger partial charge >= 0.3 is 0 Å². The lowest BCUT2D eigenvalue weighted by Gasteiger charge is -2.46. The first kappa shape index (κ1) is 27.0. The monoisotopic (exact) mass is 569 g/mol. The number of anilines is 3. The molecule has 0 fully saturated rings. The molecule has 2 atom stereocenters. The van der Waals surface area contributed by atoms with Crippen LogP contribution in [0.2, 0.25) is 0 Å². The van der Waals surface area contributed by atoms with Crippen LogP contribution >= 0.6 is 0 Å². The van der Waals surface area contributed by atoms with E-state index in [0.29, 0.717) is 11.8 Å². The molecule has 2 aliphatic carbocycles. The molecule has 0 aromatic heterocycles. The highest BCUT2D eigenvalue weighted by molar-refractivity contribution is 5.86. The Labute approximate surface area is 262 Å². The Kier molecular flexibility index (Phi) is 6.10. The summed E-state index contributed by atoms with van der Waals surface area (Å²) in [5.41, 5.74) is 14.8. The van der Waals surface area contributed by atoms with Crippen molar-refractivity contribution in [2.45, 2.75) is 50.9 Å². The molecule has 1 aliphatic heterocycles. The molecule has 5 aromatic rings. The highest BCUT2D eigenvalue weighted by atomic mass is 15.2. The molecule has 44 heavy (non-hydrogen) atoms. The number of rotatable bonds is 3. The van der Waals surface area contributed by atoms with Crippen molar-refractivity contribution in [2.75, 3.05) is 4.90 Å². The Morgan fingerprint density at radius 1 is 0.568 bits per heavy atom. The molecule has 1 heterocycles. The number of para-hydroxylation sites is 2. The third-order valence-corrected chi connectivity index (χ3v) is 10.7. The van der Waals surface area contributed by atoms with E-state index < -0.39 is 0 Å². The molecule has 1 heteroatoms. The van der Waals surface area contributed by atoms with Crippen molar-refractivity contribution in [3.05, 3.63) is 173 Å². The van der Waals surface area contributed by atoms with Crippen LogP contribution in [0, 0.1) is 5.92 Å². The van der Waals surface area contributed by atoms with Crippen molar-refractivity contribution in [3.63, 3.8) is 0 Å². The zero-order valence-electron chi connectivity index (χ0n) is 26.1. The lowest BCUT2D eigenvalue weighted by molar-refractivity contribution is 0.414. The smallest absolute Gasteiger partial charge is 0.0502 e. The Morgan fingerprint density at radius 3 is 1.75 bits per heavy atom. The van der Waals surface area contributed by atoms with Crippen molar-refractivity contribution in [1.82, 2.24) is 0 Å². The van der Waals surface area contributed by atoms with E-state index in [4.69, 9.17) is 0 Å². The second kappa shape index (κ2) is 9.96. The fraction of sp³-hybridized carbons (Fsp3) is 0.209. The van der Waals surface area contributed by atoms with Gasteiger partial charge in [-0.1, -0.05) is 149 Å². The third-order valence-electron chi connectivity index (χ3n) is 10.7. The lowest BCUT2D eigenvalue weighted by atomic mass is 9.57. The van der Waals surface area contributed by atoms with Gasteiger partial charge in [-0.25, -0.2) is 0 Å². The van der Waals surface area contributed by atoms with Gasteiger partial charge in [0.05, 0.1) is 11.4 Å². The summed E-state index contributed by atoms with van der Waals surface area (Å²) in [5.74, 6) is 0.866. The van der Waals surface area contributed by atoms with Crippen LogP contribution < -0.4 is 4.90 Å². The zero-order valence-corrected chi connectivity index (χ0v) is 26.1. The maximum Gasteiger partial charge on any atom is 0.0502 e. The fourth-order valence-corrected chi connectivity index (χ4v) is 8.39. The minimum Gasteiger partial charge on any atom is -0.310 e. The van der Waals surface area contributed by atoms with Gasteiger partial charge in [0.25, 0.3) is 0 Å². The van der Waals surface area contributed by atoms with E-state index in [-0.39, 0.29) is 10.8 Å². The molecule has 1 nitrogen and oxygen atoms in total. The molecule has 0 N–H and O–H groups in total. The maximum atomic E-state index is 2.43. The van der Waals surface area contributed by atoms with E-state index in [9.17, 15) is 0 Å². The van der Waals surface area contributed by atoms with Crippen LogP contribution in [0.5, 0.6) is 0 Å². The summed E-state index contributed by atoms with van der Waals surface area (Å²) >= 11 is 0. The number of benzene rings is 5. The van der Waals surface area contributed by atoms with Crippen LogP contribution in [0.3, 0.4) is 0 Å². The van der Waals surface area contributed by atoms with Crippen LogP contribution in [-0.2, 0) is 10.8 Å². The Hall–Kier alpha value is -4.62. The normalized spacial score (nSPS) is 20.5. The number of allylic oxidation sites excluding steroid dienone is 4. The van der Waals surface area contributed by atoms with Crippen LogP contribution in [0.25, 0.3) is 11.1 Å². The molecular formula is C43H39N. The predicted octanol–water partition coefficient (Wildman–Crippen LogP) is 11.4. The minimum absolute atomic E-state index is 0.0509. The standard InChI is InChI=1S/C43H39N/c1-42(2)35-15-7-5-13-33(35)41(34-14-6-8-16-36(34)42)31-23-21-29(22-24-31)30-25-27-32(28-26-30)44-39-19-11-9-17-37(39)43(3,4)38-18-10-12-20-40(38)44/h5-13,15-28,34,41H,14H2,1-4H3. The van der Waals surface area contributed by atoms with Gasteiger partial charge < -0.3 is 4.90 Å². The van der Waals surface area contributed by atoms with Crippen molar-refractivity contribution in [2.24, 2.45) is 5.92 Å². The van der Waals surface area contributed by atoms with Crippen molar-refractivity contribution in [1.29, 1.82) is 0 Å². The van der Waals surface area contributed by atoms with Crippen molar-refractivity contribution >= 4 is 17.1 Å². The molecule has 0 radical (unpaired) electrons. The summed E-state index contributed by atoms with van der Waals surface area (Å²) < 4.78 is 0. The van der Waals surface area contributed by atoms with E-state index >= 15 is 0 Å². The first-order valence-electron chi connectivity index (χ1n) is 16.0. The average molecular weight is 570 g/mol. The zero-order chi connectivity index (χ0) is 30.1. The number of hydrogen-bond donors (Lipinski definition) is 0. The molecule has 0 spiro atoms. The van der Waals surface area contributed by atoms with Crippen molar-refractivity contribution in [3.8, 4) is 11.1 Å². The molecule has 0 saturated heterocycles. The molecule has 0 bridgehead atoms. The van der Waals surface area contributed by atoms with Gasteiger partial charge in [0, 0.05) is 22.4 Å². The number of nitrogens with zero attached hydrogens (tertiary/aromatic N) is 1. The molecule has 0 saturated carbocycles. The quantitative estimate of drug-likeness (QED) is 0.209. The predicted molar refractivity (Wildman–Crippen MR) is 185 cm³/mol. The molecule has 8 rings (SSSR count). The number of fused-ring (bicyclic) bond motifs is 4. The van der Waals surface area contributed by atoms with E-state index in [0.717, 1.165) is 6.42 Å². The SMILES string of the molecule is CC1(C)C2=CC=CCC2C(c2ccc(-c3ccc(N4c5ccccc5C(C)(C)c5ccccc54)cc3)cc2)c2ccccc21. The van der Waals surface area contributed by atoms with Gasteiger partial charge in [-0.3, -0.25) is 0 Å². The second-order valence-electron chi connectivity index (χ2n) is 13.7. The Morgan fingerprint density at radius 2 is 1.11 bits per heavy atom. The fourth-order valence-electron chi connectivity index (χ4n) is 8.39. The molecule has 0 amide bonds. The van der Waals surface area contributed by atoms with E-state index in [2.05, 4.69) is 172 Å². The highest BCUT2D eigenvalue weighted by Gasteiger charge is 2.43. The summed E-state index contributed by atoms with van der Waals surface area (Å²) in [5, 5.41) is 0. The van der Waals surface area contributed by atoms with Crippen LogP contribution in [-0.4, -0.2) is 0 Å². The summed E-state index contributed by atoms with van der Waals surface area (Å²) in [6.07, 6.45) is 8.08. The summed E-state index contributed by atoms with van der Waals surface area (Å²) in [6.45, 7) is 9.47. The van der Waals surface area contributed by atoms with E-state index in [1.54, 1.807) is 5.57 Å². The largest absolute Gasteiger partial charge is 0.310 e. The molecule has 2 unspecified atom stereocenters. The van der Waals surface area contributed by atoms with Gasteiger partial charge in [0.1, 0.15) is 0 Å². The molecule has 5 aromatic carbocycles. The lowest BCUT2D eigenvalue weighted by Crippen LogP contribution is -2.36. The third kappa shape index (κ3) is 3.99. The van der Waals surface area contributed by atoms with Crippen LogP contribution in [0.15, 0.2) is 145 Å². The van der Waals surface area contributed by atoms with Gasteiger partial charge in [-0.2, -0.15) is 0 Å². The second-order valence-corrected chi connectivity index (χ2v) is 13.7. The molecular weight excluding hydrogens is 530 g/mol. The van der Waals surface area contributed by atoms with E-state index in [1.807, 2.05) is 0 Å². The highest BCUT2D eigenvalue weighted by Crippen LogP contribution is 2.54. The summed E-state index contributed by atoms with van der Waals surface area (Å²) in [7, 11) is 0. The van der Waals surface area contributed by atoms with Crippen LogP contribution in [0.4, 0.5) is 17.1 Å². The topological polar surface area (TPSA) is 3.24 Å². The van der Waals surface area contributed by atoms with Gasteiger partial charge in [0.15, 0.2) is 0 Å². The Bertz CT molecular complexity index is 1880. The van der Waals surface area contributed by atoms with Crippen molar-refractivity contribution < 1.29 is 0 Å². The first-order valence-corrected chi connectivity index (χ1v) is 16.0. The minimum atomic E-state index is -0.0511. The maximum absolute atomic E-state index is 2.43. The average Bonchev–Trinajstić information content (AvgIpc) is 3.06. The number of hydrogen-bond acceptors (Lipinski definition) is 1. The van der Waals surface area contributed by atoms with Gasteiger partial charge in [-0.15, -0.1) is 0 Å². The van der Waals surface area contributed by atoms with Gasteiger partial charge in [0.2, 0.25) is 0 Å². The Balaban J connectivity index is 1.14. The summed E-state index contributed by atoms with van der Waals surface area (Å²) in [6, 6.07) is 45.3. The first-order chi connectivity index (χ1) is 21.4. The van der Waals surface area contributed by atoms with Crippen LogP contribution in [0.1, 0.15) is 67.9 Å². The molecule has 216 valence electrons. The summed E-state index contributed by atoms with van der Waals surface area (Å²) in [4.78, 5) is 2.43.